The second kappa shape index (κ2) is 7.09. The van der Waals surface area contributed by atoms with E-state index in [4.69, 9.17) is 0 Å². The lowest BCUT2D eigenvalue weighted by Gasteiger charge is -2.11. The first kappa shape index (κ1) is 17.8. The summed E-state index contributed by atoms with van der Waals surface area (Å²) in [5.41, 5.74) is 1.22. The highest BCUT2D eigenvalue weighted by Gasteiger charge is 2.17. The smallest absolute Gasteiger partial charge is 0.262 e. The maximum Gasteiger partial charge on any atom is 0.262 e. The quantitative estimate of drug-likeness (QED) is 0.701. The number of anilines is 3. The van der Waals surface area contributed by atoms with Gasteiger partial charge in [-0.2, -0.15) is 0 Å². The van der Waals surface area contributed by atoms with Gasteiger partial charge in [-0.1, -0.05) is 0 Å². The van der Waals surface area contributed by atoms with Crippen LogP contribution in [0.15, 0.2) is 65.7 Å². The van der Waals surface area contributed by atoms with Gasteiger partial charge < -0.3 is 5.32 Å². The molecule has 0 saturated carbocycles. The first-order valence-electron chi connectivity index (χ1n) is 7.61. The van der Waals surface area contributed by atoms with Crippen LogP contribution in [0.3, 0.4) is 0 Å². The first-order chi connectivity index (χ1) is 12.3. The van der Waals surface area contributed by atoms with Crippen LogP contribution >= 0.6 is 0 Å². The van der Waals surface area contributed by atoms with Crippen molar-refractivity contribution in [1.82, 2.24) is 4.98 Å². The number of pyridine rings is 1. The number of nitrogens with one attached hydrogen (secondary N) is 2. The molecule has 0 amide bonds. The third-order valence-electron chi connectivity index (χ3n) is 3.56. The molecule has 0 radical (unpaired) electrons. The van der Waals surface area contributed by atoms with Crippen molar-refractivity contribution in [1.29, 1.82) is 0 Å². The molecule has 0 aliphatic carbocycles. The maximum absolute atomic E-state index is 13.2. The van der Waals surface area contributed by atoms with E-state index in [1.807, 2.05) is 0 Å². The molecule has 1 heterocycles. The predicted octanol–water partition coefficient (Wildman–Crippen LogP) is 4.21. The third-order valence-corrected chi connectivity index (χ3v) is 5.10. The van der Waals surface area contributed by atoms with Gasteiger partial charge in [-0.25, -0.2) is 22.2 Å². The van der Waals surface area contributed by atoms with E-state index < -0.39 is 15.8 Å². The summed E-state index contributed by atoms with van der Waals surface area (Å²) in [5.74, 6) is -0.374. The highest BCUT2D eigenvalue weighted by Crippen LogP contribution is 2.21. The van der Waals surface area contributed by atoms with Crippen LogP contribution in [0.1, 0.15) is 5.56 Å². The molecule has 0 unspecified atom stereocenters. The molecule has 0 fully saturated rings. The Bertz CT molecular complexity index is 1020. The highest BCUT2D eigenvalue weighted by molar-refractivity contribution is 7.92. The van der Waals surface area contributed by atoms with Crippen LogP contribution in [0.4, 0.5) is 26.0 Å². The van der Waals surface area contributed by atoms with Crippen LogP contribution in [-0.4, -0.2) is 13.4 Å². The van der Waals surface area contributed by atoms with Crippen molar-refractivity contribution in [2.24, 2.45) is 0 Å². The standard InChI is InChI=1S/C18H15F2N3O2S/c1-12-10-14(20)4-8-17(12)26(24,25)23-16-7-9-18(21-11-16)22-15-5-2-13(19)3-6-15/h2-11,23H,1H3,(H,21,22). The summed E-state index contributed by atoms with van der Waals surface area (Å²) in [5, 5.41) is 2.97. The van der Waals surface area contributed by atoms with Gasteiger partial charge in [0, 0.05) is 5.69 Å². The van der Waals surface area contributed by atoms with E-state index in [-0.39, 0.29) is 16.4 Å². The van der Waals surface area contributed by atoms with E-state index in [1.165, 1.54) is 37.4 Å². The van der Waals surface area contributed by atoms with E-state index in [0.29, 0.717) is 17.1 Å². The van der Waals surface area contributed by atoms with Gasteiger partial charge >= 0.3 is 0 Å². The Morgan fingerprint density at radius 2 is 1.54 bits per heavy atom. The summed E-state index contributed by atoms with van der Waals surface area (Å²) >= 11 is 0. The SMILES string of the molecule is Cc1cc(F)ccc1S(=O)(=O)Nc1ccc(Nc2ccc(F)cc2)nc1. The van der Waals surface area contributed by atoms with E-state index >= 15 is 0 Å². The van der Waals surface area contributed by atoms with Crippen molar-refractivity contribution < 1.29 is 17.2 Å². The van der Waals surface area contributed by atoms with Gasteiger partial charge in [-0.15, -0.1) is 0 Å². The molecule has 0 saturated heterocycles. The lowest BCUT2D eigenvalue weighted by atomic mass is 10.2. The Labute approximate surface area is 149 Å². The van der Waals surface area contributed by atoms with Crippen LogP contribution in [0.25, 0.3) is 0 Å². The van der Waals surface area contributed by atoms with Crippen molar-refractivity contribution in [3.05, 3.63) is 78.0 Å². The summed E-state index contributed by atoms with van der Waals surface area (Å²) in [4.78, 5) is 4.11. The molecule has 8 heteroatoms. The molecule has 2 aromatic carbocycles. The molecular formula is C18H15F2N3O2S. The van der Waals surface area contributed by atoms with Gasteiger partial charge in [0.1, 0.15) is 17.5 Å². The molecule has 0 bridgehead atoms. The second-order valence-corrected chi connectivity index (χ2v) is 7.23. The third kappa shape index (κ3) is 4.15. The van der Waals surface area contributed by atoms with Crippen molar-refractivity contribution in [3.63, 3.8) is 0 Å². The highest BCUT2D eigenvalue weighted by atomic mass is 32.2. The number of aromatic nitrogens is 1. The molecule has 0 spiro atoms. The van der Waals surface area contributed by atoms with Gasteiger partial charge in [0.05, 0.1) is 16.8 Å². The van der Waals surface area contributed by atoms with Gasteiger partial charge in [0.15, 0.2) is 0 Å². The first-order valence-corrected chi connectivity index (χ1v) is 9.09. The molecule has 134 valence electrons. The molecule has 5 nitrogen and oxygen atoms in total. The molecular weight excluding hydrogens is 360 g/mol. The summed E-state index contributed by atoms with van der Waals surface area (Å²) in [6.07, 6.45) is 1.35. The Hall–Kier alpha value is -3.00. The Balaban J connectivity index is 1.75. The lowest BCUT2D eigenvalue weighted by Crippen LogP contribution is -2.14. The van der Waals surface area contributed by atoms with E-state index in [9.17, 15) is 17.2 Å². The maximum atomic E-state index is 13.2. The number of halogens is 2. The largest absolute Gasteiger partial charge is 0.340 e. The summed E-state index contributed by atoms with van der Waals surface area (Å²) in [7, 11) is -3.86. The zero-order valence-corrected chi connectivity index (χ0v) is 14.5. The van der Waals surface area contributed by atoms with Gasteiger partial charge in [-0.05, 0) is 67.1 Å². The van der Waals surface area contributed by atoms with E-state index in [0.717, 1.165) is 12.1 Å². The number of benzene rings is 2. The topological polar surface area (TPSA) is 71.1 Å². The van der Waals surface area contributed by atoms with Crippen LogP contribution < -0.4 is 10.0 Å². The number of rotatable bonds is 5. The number of hydrogen-bond acceptors (Lipinski definition) is 4. The van der Waals surface area contributed by atoms with Crippen LogP contribution in [0.2, 0.25) is 0 Å². The number of nitrogens with zero attached hydrogens (tertiary/aromatic N) is 1. The fourth-order valence-electron chi connectivity index (χ4n) is 2.33. The Kier molecular flexibility index (Phi) is 4.85. The number of hydrogen-bond donors (Lipinski definition) is 2. The molecule has 3 rings (SSSR count). The molecule has 0 aliphatic heterocycles. The minimum Gasteiger partial charge on any atom is -0.340 e. The minimum absolute atomic E-state index is 0.00702. The van der Waals surface area contributed by atoms with E-state index in [1.54, 1.807) is 18.2 Å². The average Bonchev–Trinajstić information content (AvgIpc) is 2.58. The average molecular weight is 375 g/mol. The summed E-state index contributed by atoms with van der Waals surface area (Å²) in [6.45, 7) is 1.52. The summed E-state index contributed by atoms with van der Waals surface area (Å²) in [6, 6.07) is 12.3. The molecule has 0 aliphatic rings. The fourth-order valence-corrected chi connectivity index (χ4v) is 3.60. The molecule has 26 heavy (non-hydrogen) atoms. The van der Waals surface area contributed by atoms with Crippen molar-refractivity contribution in [3.8, 4) is 0 Å². The van der Waals surface area contributed by atoms with Gasteiger partial charge in [-0.3, -0.25) is 4.72 Å². The number of sulfonamides is 1. The van der Waals surface area contributed by atoms with Crippen LogP contribution in [-0.2, 0) is 10.0 Å². The van der Waals surface area contributed by atoms with Crippen molar-refractivity contribution in [2.75, 3.05) is 10.0 Å². The van der Waals surface area contributed by atoms with E-state index in [2.05, 4.69) is 15.0 Å². The molecule has 1 aromatic heterocycles. The Morgan fingerprint density at radius 3 is 2.15 bits per heavy atom. The minimum atomic E-state index is -3.86. The van der Waals surface area contributed by atoms with Gasteiger partial charge in [0.2, 0.25) is 0 Å². The zero-order chi connectivity index (χ0) is 18.7. The zero-order valence-electron chi connectivity index (χ0n) is 13.7. The van der Waals surface area contributed by atoms with Gasteiger partial charge in [0.25, 0.3) is 10.0 Å². The fraction of sp³-hybridized carbons (Fsp3) is 0.0556. The summed E-state index contributed by atoms with van der Waals surface area (Å²) < 4.78 is 53.3. The second-order valence-electron chi connectivity index (χ2n) is 5.58. The molecule has 2 N–H and O–H groups in total. The normalized spacial score (nSPS) is 11.2. The monoisotopic (exact) mass is 375 g/mol. The van der Waals surface area contributed by atoms with Crippen molar-refractivity contribution >= 4 is 27.2 Å². The molecule has 0 atom stereocenters. The predicted molar refractivity (Wildman–Crippen MR) is 95.9 cm³/mol. The van der Waals surface area contributed by atoms with Crippen LogP contribution in [0, 0.1) is 18.6 Å². The molecule has 3 aromatic rings. The lowest BCUT2D eigenvalue weighted by molar-refractivity contribution is 0.598. The Morgan fingerprint density at radius 1 is 0.885 bits per heavy atom. The van der Waals surface area contributed by atoms with Crippen LogP contribution in [0.5, 0.6) is 0 Å². The number of aryl methyl sites for hydroxylation is 1. The van der Waals surface area contributed by atoms with Crippen molar-refractivity contribution in [2.45, 2.75) is 11.8 Å².